The summed E-state index contributed by atoms with van der Waals surface area (Å²) in [6.07, 6.45) is 1.59. The Balaban J connectivity index is 1.54. The van der Waals surface area contributed by atoms with Gasteiger partial charge in [-0.05, 0) is 65.9 Å². The molecule has 0 aliphatic carbocycles. The molecule has 10 nitrogen and oxygen atoms in total. The third-order valence-corrected chi connectivity index (χ3v) is 7.10. The van der Waals surface area contributed by atoms with E-state index >= 15 is 0 Å². The zero-order valence-corrected chi connectivity index (χ0v) is 20.8. The van der Waals surface area contributed by atoms with Crippen molar-refractivity contribution in [2.45, 2.75) is 4.90 Å². The minimum atomic E-state index is -4.28. The Morgan fingerprint density at radius 1 is 1.08 bits per heavy atom. The molecular formula is C23H16ClN3O7S2. The molecule has 0 bridgehead atoms. The fourth-order valence-corrected chi connectivity index (χ4v) is 5.00. The van der Waals surface area contributed by atoms with Crippen molar-refractivity contribution in [3.63, 3.8) is 0 Å². The minimum absolute atomic E-state index is 0.0928. The molecule has 0 atom stereocenters. The van der Waals surface area contributed by atoms with Crippen LogP contribution in [0.2, 0.25) is 5.02 Å². The van der Waals surface area contributed by atoms with Gasteiger partial charge in [0.15, 0.2) is 16.7 Å². The van der Waals surface area contributed by atoms with Gasteiger partial charge in [0.05, 0.1) is 22.6 Å². The van der Waals surface area contributed by atoms with E-state index in [2.05, 4.69) is 10.3 Å². The zero-order chi connectivity index (χ0) is 25.9. The van der Waals surface area contributed by atoms with E-state index in [0.29, 0.717) is 26.3 Å². The maximum absolute atomic E-state index is 12.6. The van der Waals surface area contributed by atoms with E-state index in [9.17, 15) is 23.3 Å². The Kier molecular flexibility index (Phi) is 7.29. The number of hydrogen-bond donors (Lipinski definition) is 1. The molecule has 1 aliphatic heterocycles. The van der Waals surface area contributed by atoms with E-state index in [4.69, 9.17) is 20.5 Å². The number of carbonyl (C=O) groups is 1. The molecule has 3 aromatic rings. The molecule has 0 saturated carbocycles. The first-order valence-electron chi connectivity index (χ1n) is 10.1. The summed E-state index contributed by atoms with van der Waals surface area (Å²) in [5.41, 5.74) is 0.885. The predicted molar refractivity (Wildman–Crippen MR) is 136 cm³/mol. The van der Waals surface area contributed by atoms with E-state index in [1.165, 1.54) is 19.2 Å². The van der Waals surface area contributed by atoms with Crippen LogP contribution in [0.5, 0.6) is 11.5 Å². The van der Waals surface area contributed by atoms with Gasteiger partial charge >= 0.3 is 10.1 Å². The quantitative estimate of drug-likeness (QED) is 0.191. The number of nitro benzene ring substituents is 1. The van der Waals surface area contributed by atoms with Crippen LogP contribution in [-0.2, 0) is 14.9 Å². The van der Waals surface area contributed by atoms with Gasteiger partial charge < -0.3 is 14.2 Å². The minimum Gasteiger partial charge on any atom is -0.493 e. The van der Waals surface area contributed by atoms with E-state index < -0.39 is 15.0 Å². The number of aliphatic imine (C=N–C) groups is 1. The molecule has 1 N–H and O–H groups in total. The Bertz CT molecular complexity index is 1520. The van der Waals surface area contributed by atoms with Gasteiger partial charge in [-0.25, -0.2) is 4.99 Å². The molecular weight excluding hydrogens is 530 g/mol. The highest BCUT2D eigenvalue weighted by molar-refractivity contribution is 8.18. The maximum Gasteiger partial charge on any atom is 0.339 e. The van der Waals surface area contributed by atoms with E-state index in [1.54, 1.807) is 36.4 Å². The standard InChI is InChI=1S/C23H16ClN3O7S2/c1-33-20-11-14(12-21-22(28)26-23(35-21)25-16-4-2-3-15(24)13-16)5-10-19(20)34-36(31,32)18-8-6-17(7-9-18)27(29)30/h2-13H,1H3,(H,25,26,28)/b21-12+. The van der Waals surface area contributed by atoms with Gasteiger partial charge in [-0.2, -0.15) is 8.42 Å². The highest BCUT2D eigenvalue weighted by atomic mass is 35.5. The van der Waals surface area contributed by atoms with Gasteiger partial charge in [0.2, 0.25) is 0 Å². The molecule has 184 valence electrons. The number of ether oxygens (including phenoxy) is 1. The van der Waals surface area contributed by atoms with Crippen molar-refractivity contribution in [2.24, 2.45) is 4.99 Å². The number of benzene rings is 3. The van der Waals surface area contributed by atoms with E-state index in [0.717, 1.165) is 36.0 Å². The topological polar surface area (TPSA) is 137 Å². The highest BCUT2D eigenvalue weighted by Gasteiger charge is 2.25. The maximum atomic E-state index is 12.6. The number of rotatable bonds is 7. The number of non-ortho nitro benzene ring substituents is 1. The van der Waals surface area contributed by atoms with Crippen LogP contribution in [-0.4, -0.2) is 31.5 Å². The number of halogens is 1. The lowest BCUT2D eigenvalue weighted by atomic mass is 10.2. The molecule has 1 amide bonds. The summed E-state index contributed by atoms with van der Waals surface area (Å²) in [6, 6.07) is 15.6. The molecule has 1 aliphatic rings. The third kappa shape index (κ3) is 5.85. The number of nitro groups is 1. The first kappa shape index (κ1) is 25.2. The normalized spacial score (nSPS) is 15.7. The summed E-state index contributed by atoms with van der Waals surface area (Å²) in [6.45, 7) is 0. The van der Waals surface area contributed by atoms with Gasteiger partial charge in [-0.15, -0.1) is 0 Å². The van der Waals surface area contributed by atoms with Crippen LogP contribution < -0.4 is 14.2 Å². The first-order valence-corrected chi connectivity index (χ1v) is 12.7. The largest absolute Gasteiger partial charge is 0.493 e. The smallest absolute Gasteiger partial charge is 0.339 e. The number of nitrogens with one attached hydrogen (secondary N) is 1. The van der Waals surface area contributed by atoms with Gasteiger partial charge in [0.1, 0.15) is 4.90 Å². The second-order valence-corrected chi connectivity index (χ2v) is 10.2. The van der Waals surface area contributed by atoms with Crippen molar-refractivity contribution in [3.8, 4) is 11.5 Å². The molecule has 1 fully saturated rings. The van der Waals surface area contributed by atoms with Crippen molar-refractivity contribution in [1.29, 1.82) is 0 Å². The van der Waals surface area contributed by atoms with Gasteiger partial charge in [0, 0.05) is 17.2 Å². The summed E-state index contributed by atoms with van der Waals surface area (Å²) in [5.74, 6) is -0.336. The molecule has 4 rings (SSSR count). The average molecular weight is 546 g/mol. The summed E-state index contributed by atoms with van der Waals surface area (Å²) in [4.78, 5) is 27.0. The average Bonchev–Trinajstić information content (AvgIpc) is 3.18. The Morgan fingerprint density at radius 2 is 1.83 bits per heavy atom. The lowest BCUT2D eigenvalue weighted by Gasteiger charge is -2.11. The number of nitrogens with zero attached hydrogens (tertiary/aromatic N) is 2. The first-order chi connectivity index (χ1) is 17.1. The molecule has 0 spiro atoms. The lowest BCUT2D eigenvalue weighted by Crippen LogP contribution is -2.19. The van der Waals surface area contributed by atoms with Crippen molar-refractivity contribution in [1.82, 2.24) is 5.32 Å². The van der Waals surface area contributed by atoms with Crippen LogP contribution in [0, 0.1) is 10.1 Å². The number of methoxy groups -OCH3 is 1. The summed E-state index contributed by atoms with van der Waals surface area (Å²) in [5, 5.41) is 14.4. The summed E-state index contributed by atoms with van der Waals surface area (Å²) >= 11 is 7.10. The fraction of sp³-hybridized carbons (Fsp3) is 0.0435. The monoisotopic (exact) mass is 545 g/mol. The Labute approximate surface area is 214 Å². The summed E-state index contributed by atoms with van der Waals surface area (Å²) in [7, 11) is -2.95. The van der Waals surface area contributed by atoms with E-state index in [1.807, 2.05) is 0 Å². The van der Waals surface area contributed by atoms with Crippen molar-refractivity contribution in [2.75, 3.05) is 7.11 Å². The van der Waals surface area contributed by atoms with Gasteiger partial charge in [0.25, 0.3) is 11.6 Å². The fourth-order valence-electron chi connectivity index (χ4n) is 3.04. The number of amidine groups is 1. The second-order valence-electron chi connectivity index (χ2n) is 7.16. The molecule has 0 aromatic heterocycles. The van der Waals surface area contributed by atoms with Crippen molar-refractivity contribution < 1.29 is 27.1 Å². The Hall–Kier alpha value is -3.87. The van der Waals surface area contributed by atoms with Crippen LogP contribution >= 0.6 is 23.4 Å². The number of thioether (sulfide) groups is 1. The number of amides is 1. The highest BCUT2D eigenvalue weighted by Crippen LogP contribution is 2.34. The molecule has 3 aromatic carbocycles. The number of carbonyl (C=O) groups excluding carboxylic acids is 1. The molecule has 13 heteroatoms. The van der Waals surface area contributed by atoms with Crippen LogP contribution in [0.3, 0.4) is 0 Å². The Morgan fingerprint density at radius 3 is 2.50 bits per heavy atom. The zero-order valence-electron chi connectivity index (χ0n) is 18.4. The van der Waals surface area contributed by atoms with Crippen LogP contribution in [0.4, 0.5) is 11.4 Å². The third-order valence-electron chi connectivity index (χ3n) is 4.71. The van der Waals surface area contributed by atoms with E-state index in [-0.39, 0.29) is 28.0 Å². The summed E-state index contributed by atoms with van der Waals surface area (Å²) < 4.78 is 35.7. The predicted octanol–water partition coefficient (Wildman–Crippen LogP) is 4.92. The van der Waals surface area contributed by atoms with Crippen LogP contribution in [0.1, 0.15) is 5.56 Å². The molecule has 1 heterocycles. The second kappa shape index (κ2) is 10.4. The lowest BCUT2D eigenvalue weighted by molar-refractivity contribution is -0.384. The van der Waals surface area contributed by atoms with Gasteiger partial charge in [-0.1, -0.05) is 23.7 Å². The van der Waals surface area contributed by atoms with Crippen LogP contribution in [0.15, 0.2) is 81.5 Å². The van der Waals surface area contributed by atoms with Crippen LogP contribution in [0.25, 0.3) is 6.08 Å². The molecule has 1 saturated heterocycles. The van der Waals surface area contributed by atoms with Crippen molar-refractivity contribution >= 4 is 62.0 Å². The number of hydrogen-bond acceptors (Lipinski definition) is 9. The van der Waals surface area contributed by atoms with Gasteiger partial charge in [-0.3, -0.25) is 14.9 Å². The molecule has 0 unspecified atom stereocenters. The SMILES string of the molecule is COc1cc(/C=C2/SC(=Nc3cccc(Cl)c3)NC2=O)ccc1OS(=O)(=O)c1ccc([N+](=O)[O-])cc1. The molecule has 36 heavy (non-hydrogen) atoms. The molecule has 0 radical (unpaired) electrons. The van der Waals surface area contributed by atoms with Crippen molar-refractivity contribution in [3.05, 3.63) is 92.3 Å².